The molecule has 0 saturated heterocycles. The predicted octanol–water partition coefficient (Wildman–Crippen LogP) is 4.21. The number of hydrogen-bond acceptors (Lipinski definition) is 5. The molecule has 32 heavy (non-hydrogen) atoms. The summed E-state index contributed by atoms with van der Waals surface area (Å²) in [6.45, 7) is 3.53. The monoisotopic (exact) mass is 436 g/mol. The smallest absolute Gasteiger partial charge is 0.254 e. The molecule has 5 rings (SSSR count). The van der Waals surface area contributed by atoms with Gasteiger partial charge in [0.2, 0.25) is 0 Å². The summed E-state index contributed by atoms with van der Waals surface area (Å²) in [4.78, 5) is 15.1. The molecule has 0 bridgehead atoms. The molecule has 1 amide bonds. The highest BCUT2D eigenvalue weighted by Crippen LogP contribution is 2.34. The third kappa shape index (κ3) is 3.96. The van der Waals surface area contributed by atoms with Gasteiger partial charge in [-0.15, -0.1) is 0 Å². The maximum absolute atomic E-state index is 13.9. The first-order valence-electron chi connectivity index (χ1n) is 10.8. The standard InChI is InChI=1S/C25H25FN2O4/c1-16-10-17-4-2-3-5-22(17)28(16)13-23-21(7-9-31-23)25(29)27-8-6-18-11-20(26)12-19-14-30-15-32-24(18)19/h2-5,7,9,11-12,16H,6,8,10,13-15H2,1H3,(H,27,29). The van der Waals surface area contributed by atoms with Crippen LogP contribution in [0.3, 0.4) is 0 Å². The SMILES string of the molecule is CC1Cc2ccccc2N1Cc1occc1C(=O)NCCc1cc(F)cc2c1OCOC2. The Morgan fingerprint density at radius 2 is 2.09 bits per heavy atom. The van der Waals surface area contributed by atoms with Crippen molar-refractivity contribution < 1.29 is 23.1 Å². The van der Waals surface area contributed by atoms with Gasteiger partial charge in [0.1, 0.15) is 17.3 Å². The van der Waals surface area contributed by atoms with Crippen LogP contribution in [0.4, 0.5) is 10.1 Å². The number of rotatable bonds is 6. The first-order valence-corrected chi connectivity index (χ1v) is 10.8. The first kappa shape index (κ1) is 20.6. The van der Waals surface area contributed by atoms with E-state index in [2.05, 4.69) is 35.3 Å². The zero-order valence-electron chi connectivity index (χ0n) is 17.9. The van der Waals surface area contributed by atoms with Crippen molar-refractivity contribution in [3.05, 3.63) is 82.6 Å². The second kappa shape index (κ2) is 8.67. The van der Waals surface area contributed by atoms with Crippen molar-refractivity contribution in [1.82, 2.24) is 5.32 Å². The van der Waals surface area contributed by atoms with E-state index < -0.39 is 0 Å². The minimum Gasteiger partial charge on any atom is -0.467 e. The number of carbonyl (C=O) groups excluding carboxylic acids is 1. The van der Waals surface area contributed by atoms with Crippen LogP contribution in [0.15, 0.2) is 53.1 Å². The number of fused-ring (bicyclic) bond motifs is 2. The minimum atomic E-state index is -0.337. The average Bonchev–Trinajstić information content (AvgIpc) is 3.38. The lowest BCUT2D eigenvalue weighted by molar-refractivity contribution is -0.0172. The summed E-state index contributed by atoms with van der Waals surface area (Å²) in [5.74, 6) is 0.743. The number of furan rings is 1. The lowest BCUT2D eigenvalue weighted by Gasteiger charge is -2.24. The Morgan fingerprint density at radius 3 is 3.00 bits per heavy atom. The zero-order valence-corrected chi connectivity index (χ0v) is 17.9. The minimum absolute atomic E-state index is 0.147. The summed E-state index contributed by atoms with van der Waals surface area (Å²) in [5.41, 5.74) is 4.42. The van der Waals surface area contributed by atoms with E-state index >= 15 is 0 Å². The van der Waals surface area contributed by atoms with Crippen molar-refractivity contribution >= 4 is 11.6 Å². The number of benzene rings is 2. The van der Waals surface area contributed by atoms with Gasteiger partial charge in [0.25, 0.3) is 5.91 Å². The molecule has 0 aliphatic carbocycles. The molecule has 2 aromatic carbocycles. The molecule has 1 aromatic heterocycles. The molecule has 1 unspecified atom stereocenters. The molecule has 1 atom stereocenters. The van der Waals surface area contributed by atoms with Gasteiger partial charge in [0.05, 0.1) is 25.0 Å². The van der Waals surface area contributed by atoms with Gasteiger partial charge in [-0.2, -0.15) is 0 Å². The normalized spacial score (nSPS) is 16.9. The van der Waals surface area contributed by atoms with Crippen LogP contribution in [0.5, 0.6) is 5.75 Å². The van der Waals surface area contributed by atoms with Crippen LogP contribution in [0.25, 0.3) is 0 Å². The third-order valence-electron chi connectivity index (χ3n) is 6.08. The molecule has 0 fully saturated rings. The fourth-order valence-corrected chi connectivity index (χ4v) is 4.54. The summed E-state index contributed by atoms with van der Waals surface area (Å²) in [6, 6.07) is 13.2. The van der Waals surface area contributed by atoms with Crippen molar-refractivity contribution in [2.45, 2.75) is 39.0 Å². The van der Waals surface area contributed by atoms with E-state index in [0.29, 0.717) is 54.8 Å². The molecule has 0 radical (unpaired) electrons. The Bertz CT molecular complexity index is 1140. The number of halogens is 1. The number of ether oxygens (including phenoxy) is 2. The second-order valence-electron chi connectivity index (χ2n) is 8.24. The van der Waals surface area contributed by atoms with Crippen LogP contribution in [0.2, 0.25) is 0 Å². The van der Waals surface area contributed by atoms with Gasteiger partial charge >= 0.3 is 0 Å². The van der Waals surface area contributed by atoms with E-state index in [4.69, 9.17) is 13.9 Å². The predicted molar refractivity (Wildman–Crippen MR) is 117 cm³/mol. The van der Waals surface area contributed by atoms with Gasteiger partial charge in [-0.1, -0.05) is 18.2 Å². The van der Waals surface area contributed by atoms with Crippen LogP contribution in [0.1, 0.15) is 39.7 Å². The molecule has 1 N–H and O–H groups in total. The summed E-state index contributed by atoms with van der Waals surface area (Å²) < 4.78 is 30.4. The number of amides is 1. The summed E-state index contributed by atoms with van der Waals surface area (Å²) in [5, 5.41) is 2.93. The fraction of sp³-hybridized carbons (Fsp3) is 0.320. The molecular formula is C25H25FN2O4. The van der Waals surface area contributed by atoms with Crippen molar-refractivity contribution in [2.24, 2.45) is 0 Å². The Balaban J connectivity index is 1.25. The van der Waals surface area contributed by atoms with Crippen LogP contribution in [-0.2, 0) is 30.7 Å². The molecule has 2 aliphatic rings. The van der Waals surface area contributed by atoms with E-state index in [1.54, 1.807) is 12.3 Å². The van der Waals surface area contributed by atoms with Gasteiger partial charge in [-0.25, -0.2) is 4.39 Å². The number of nitrogens with one attached hydrogen (secondary N) is 1. The maximum Gasteiger partial charge on any atom is 0.254 e. The fourth-order valence-electron chi connectivity index (χ4n) is 4.54. The van der Waals surface area contributed by atoms with Crippen molar-refractivity contribution in [3.63, 3.8) is 0 Å². The average molecular weight is 436 g/mol. The van der Waals surface area contributed by atoms with Gasteiger partial charge < -0.3 is 24.1 Å². The van der Waals surface area contributed by atoms with E-state index in [1.807, 2.05) is 6.07 Å². The maximum atomic E-state index is 13.9. The summed E-state index contributed by atoms with van der Waals surface area (Å²) in [7, 11) is 0. The van der Waals surface area contributed by atoms with Crippen LogP contribution >= 0.6 is 0 Å². The van der Waals surface area contributed by atoms with E-state index in [0.717, 1.165) is 12.0 Å². The van der Waals surface area contributed by atoms with Gasteiger partial charge in [0, 0.05) is 23.8 Å². The molecule has 6 nitrogen and oxygen atoms in total. The summed E-state index contributed by atoms with van der Waals surface area (Å²) >= 11 is 0. The highest BCUT2D eigenvalue weighted by atomic mass is 19.1. The molecule has 0 spiro atoms. The molecule has 3 aromatic rings. The van der Waals surface area contributed by atoms with Gasteiger partial charge in [0.15, 0.2) is 6.79 Å². The molecule has 166 valence electrons. The topological polar surface area (TPSA) is 63.9 Å². The van der Waals surface area contributed by atoms with Crippen molar-refractivity contribution in [2.75, 3.05) is 18.2 Å². The molecule has 3 heterocycles. The Hall–Kier alpha value is -3.32. The van der Waals surface area contributed by atoms with Crippen LogP contribution in [0, 0.1) is 5.82 Å². The lowest BCUT2D eigenvalue weighted by atomic mass is 10.1. The number of para-hydroxylation sites is 1. The van der Waals surface area contributed by atoms with Crippen LogP contribution in [-0.4, -0.2) is 25.3 Å². The van der Waals surface area contributed by atoms with Crippen LogP contribution < -0.4 is 15.0 Å². The largest absolute Gasteiger partial charge is 0.467 e. The molecule has 0 saturated carbocycles. The highest BCUT2D eigenvalue weighted by Gasteiger charge is 2.28. The summed E-state index contributed by atoms with van der Waals surface area (Å²) in [6.07, 6.45) is 2.98. The Kier molecular flexibility index (Phi) is 5.57. The Labute approximate surface area is 185 Å². The zero-order chi connectivity index (χ0) is 22.1. The molecular weight excluding hydrogens is 411 g/mol. The third-order valence-corrected chi connectivity index (χ3v) is 6.08. The van der Waals surface area contributed by atoms with Gasteiger partial charge in [-0.3, -0.25) is 4.79 Å². The number of nitrogens with zero attached hydrogens (tertiary/aromatic N) is 1. The Morgan fingerprint density at radius 1 is 1.22 bits per heavy atom. The van der Waals surface area contributed by atoms with Crippen molar-refractivity contribution in [1.29, 1.82) is 0 Å². The van der Waals surface area contributed by atoms with E-state index in [-0.39, 0.29) is 18.5 Å². The molecule has 2 aliphatic heterocycles. The van der Waals surface area contributed by atoms with E-state index in [9.17, 15) is 9.18 Å². The number of hydrogen-bond donors (Lipinski definition) is 1. The van der Waals surface area contributed by atoms with Crippen molar-refractivity contribution in [3.8, 4) is 5.75 Å². The second-order valence-corrected chi connectivity index (χ2v) is 8.24. The quantitative estimate of drug-likeness (QED) is 0.627. The molecule has 7 heteroatoms. The number of anilines is 1. The van der Waals surface area contributed by atoms with Gasteiger partial charge in [-0.05, 0) is 55.2 Å². The first-order chi connectivity index (χ1) is 15.6. The number of carbonyl (C=O) groups is 1. The lowest BCUT2D eigenvalue weighted by Crippen LogP contribution is -2.31. The highest BCUT2D eigenvalue weighted by molar-refractivity contribution is 5.95. The van der Waals surface area contributed by atoms with E-state index in [1.165, 1.54) is 23.4 Å².